The highest BCUT2D eigenvalue weighted by atomic mass is 32.2. The average Bonchev–Trinajstić information content (AvgIpc) is 2.43. The van der Waals surface area contributed by atoms with E-state index in [-0.39, 0.29) is 18.7 Å². The second-order valence-electron chi connectivity index (χ2n) is 6.38. The van der Waals surface area contributed by atoms with Crippen LogP contribution in [0.2, 0.25) is 25.7 Å². The highest BCUT2D eigenvalue weighted by molar-refractivity contribution is 7.89. The maximum Gasteiger partial charge on any atom is 0.324 e. The van der Waals surface area contributed by atoms with Gasteiger partial charge in [-0.15, -0.1) is 13.2 Å². The van der Waals surface area contributed by atoms with Gasteiger partial charge in [-0.25, -0.2) is 8.42 Å². The first kappa shape index (κ1) is 21.1. The summed E-state index contributed by atoms with van der Waals surface area (Å²) in [6.07, 6.45) is 3.90. The summed E-state index contributed by atoms with van der Waals surface area (Å²) in [4.78, 5) is 12.0. The van der Waals surface area contributed by atoms with Crippen LogP contribution in [0.4, 0.5) is 0 Å². The van der Waals surface area contributed by atoms with Crippen molar-refractivity contribution in [1.29, 1.82) is 0 Å². The van der Waals surface area contributed by atoms with Crippen LogP contribution in [0.1, 0.15) is 12.8 Å². The zero-order chi connectivity index (χ0) is 17.4. The first-order chi connectivity index (χ1) is 10.1. The molecule has 0 rings (SSSR count). The second-order valence-corrected chi connectivity index (χ2v) is 14.0. The van der Waals surface area contributed by atoms with Gasteiger partial charge in [0.25, 0.3) is 0 Å². The SMILES string of the molecule is C=CCCN(C(CC=C)C(=O)OC)S(=O)(=O)CC[Si](C)(C)C. The monoisotopic (exact) mass is 347 g/mol. The van der Waals surface area contributed by atoms with Crippen molar-refractivity contribution >= 4 is 24.1 Å². The van der Waals surface area contributed by atoms with Crippen molar-refractivity contribution in [3.05, 3.63) is 25.3 Å². The fourth-order valence-electron chi connectivity index (χ4n) is 1.88. The molecule has 0 aliphatic heterocycles. The van der Waals surface area contributed by atoms with Gasteiger partial charge in [0.1, 0.15) is 6.04 Å². The van der Waals surface area contributed by atoms with Crippen molar-refractivity contribution in [2.75, 3.05) is 19.4 Å². The predicted octanol–water partition coefficient (Wildman–Crippen LogP) is 2.65. The van der Waals surface area contributed by atoms with E-state index in [1.807, 2.05) is 0 Å². The van der Waals surface area contributed by atoms with E-state index in [0.29, 0.717) is 12.5 Å². The van der Waals surface area contributed by atoms with E-state index in [1.165, 1.54) is 17.5 Å². The highest BCUT2D eigenvalue weighted by Gasteiger charge is 2.34. The van der Waals surface area contributed by atoms with Crippen molar-refractivity contribution in [2.24, 2.45) is 0 Å². The van der Waals surface area contributed by atoms with Crippen molar-refractivity contribution < 1.29 is 17.9 Å². The number of ether oxygens (including phenoxy) is 1. The van der Waals surface area contributed by atoms with Crippen molar-refractivity contribution in [3.8, 4) is 0 Å². The third-order valence-electron chi connectivity index (χ3n) is 3.23. The van der Waals surface area contributed by atoms with E-state index >= 15 is 0 Å². The summed E-state index contributed by atoms with van der Waals surface area (Å²) in [5, 5.41) is 0. The Hall–Kier alpha value is -0.923. The van der Waals surface area contributed by atoms with Gasteiger partial charge in [0, 0.05) is 14.6 Å². The lowest BCUT2D eigenvalue weighted by Gasteiger charge is -2.29. The molecule has 0 spiro atoms. The molecule has 1 unspecified atom stereocenters. The van der Waals surface area contributed by atoms with Crippen molar-refractivity contribution in [2.45, 2.75) is 44.6 Å². The Labute approximate surface area is 136 Å². The fourth-order valence-corrected chi connectivity index (χ4v) is 6.54. The largest absolute Gasteiger partial charge is 0.468 e. The zero-order valence-corrected chi connectivity index (χ0v) is 16.0. The number of carbonyl (C=O) groups is 1. The molecule has 22 heavy (non-hydrogen) atoms. The molecule has 0 amide bonds. The van der Waals surface area contributed by atoms with Crippen LogP contribution in [0.3, 0.4) is 0 Å². The summed E-state index contributed by atoms with van der Waals surface area (Å²) < 4.78 is 31.4. The topological polar surface area (TPSA) is 63.7 Å². The van der Waals surface area contributed by atoms with E-state index < -0.39 is 30.1 Å². The number of carbonyl (C=O) groups excluding carboxylic acids is 1. The molecule has 0 saturated heterocycles. The number of rotatable bonds is 11. The molecular weight excluding hydrogens is 318 g/mol. The molecule has 0 radical (unpaired) electrons. The molecule has 0 aliphatic rings. The lowest BCUT2D eigenvalue weighted by molar-refractivity contribution is -0.145. The molecule has 0 fully saturated rings. The second kappa shape index (κ2) is 9.27. The number of methoxy groups -OCH3 is 1. The molecule has 0 saturated carbocycles. The quantitative estimate of drug-likeness (QED) is 0.327. The lowest BCUT2D eigenvalue weighted by Crippen LogP contribution is -2.47. The smallest absolute Gasteiger partial charge is 0.324 e. The van der Waals surface area contributed by atoms with Gasteiger partial charge in [-0.2, -0.15) is 4.31 Å². The van der Waals surface area contributed by atoms with Gasteiger partial charge in [0.15, 0.2) is 0 Å². The molecule has 128 valence electrons. The zero-order valence-electron chi connectivity index (χ0n) is 14.2. The molecule has 0 aromatic heterocycles. The number of esters is 1. The van der Waals surface area contributed by atoms with Gasteiger partial charge < -0.3 is 4.74 Å². The van der Waals surface area contributed by atoms with Gasteiger partial charge in [0.2, 0.25) is 10.0 Å². The van der Waals surface area contributed by atoms with Crippen LogP contribution in [0.5, 0.6) is 0 Å². The third kappa shape index (κ3) is 7.37. The third-order valence-corrected chi connectivity index (χ3v) is 7.22. The molecule has 5 nitrogen and oxygen atoms in total. The number of hydrogen-bond donors (Lipinski definition) is 0. The summed E-state index contributed by atoms with van der Waals surface area (Å²) >= 11 is 0. The maximum atomic E-state index is 12.7. The molecule has 0 aromatic rings. The molecular formula is C15H29NO4SSi. The first-order valence-corrected chi connectivity index (χ1v) is 12.7. The Morgan fingerprint density at radius 1 is 1.27 bits per heavy atom. The summed E-state index contributed by atoms with van der Waals surface area (Å²) in [5.41, 5.74) is 0. The lowest BCUT2D eigenvalue weighted by atomic mass is 10.2. The number of nitrogens with zero attached hydrogens (tertiary/aromatic N) is 1. The number of hydrogen-bond acceptors (Lipinski definition) is 4. The fraction of sp³-hybridized carbons (Fsp3) is 0.667. The van der Waals surface area contributed by atoms with Crippen LogP contribution in [0.25, 0.3) is 0 Å². The van der Waals surface area contributed by atoms with Crippen molar-refractivity contribution in [1.82, 2.24) is 4.31 Å². The molecule has 0 heterocycles. The standard InChI is InChI=1S/C15H29NO4SSi/c1-7-9-11-16(14(10-8-2)15(17)20-3)21(18,19)12-13-22(4,5)6/h7-8,14H,1-2,9-13H2,3-6H3. The molecule has 0 bridgehead atoms. The van der Waals surface area contributed by atoms with E-state index in [9.17, 15) is 13.2 Å². The van der Waals surface area contributed by atoms with Crippen LogP contribution >= 0.6 is 0 Å². The van der Waals surface area contributed by atoms with Gasteiger partial charge >= 0.3 is 5.97 Å². The highest BCUT2D eigenvalue weighted by Crippen LogP contribution is 2.18. The Morgan fingerprint density at radius 3 is 2.27 bits per heavy atom. The summed E-state index contributed by atoms with van der Waals surface area (Å²) in [6.45, 7) is 13.8. The Kier molecular flexibility index (Phi) is 8.88. The molecule has 0 aliphatic carbocycles. The summed E-state index contributed by atoms with van der Waals surface area (Å²) in [7, 11) is -3.77. The Morgan fingerprint density at radius 2 is 1.86 bits per heavy atom. The Balaban J connectivity index is 5.41. The molecule has 0 N–H and O–H groups in total. The Bertz CT molecular complexity index is 482. The minimum Gasteiger partial charge on any atom is -0.468 e. The van der Waals surface area contributed by atoms with Gasteiger partial charge in [0.05, 0.1) is 12.9 Å². The van der Waals surface area contributed by atoms with Crippen molar-refractivity contribution in [3.63, 3.8) is 0 Å². The van der Waals surface area contributed by atoms with E-state index in [4.69, 9.17) is 4.74 Å². The molecule has 7 heteroatoms. The normalized spacial score (nSPS) is 13.7. The van der Waals surface area contributed by atoms with E-state index in [0.717, 1.165) is 0 Å². The average molecular weight is 348 g/mol. The maximum absolute atomic E-state index is 12.7. The predicted molar refractivity (Wildman–Crippen MR) is 94.1 cm³/mol. The summed E-state index contributed by atoms with van der Waals surface area (Å²) in [6, 6.07) is -0.198. The van der Waals surface area contributed by atoms with Crippen LogP contribution in [-0.4, -0.2) is 52.2 Å². The van der Waals surface area contributed by atoms with Gasteiger partial charge in [-0.05, 0) is 18.9 Å². The van der Waals surface area contributed by atoms with Gasteiger partial charge in [-0.1, -0.05) is 31.8 Å². The van der Waals surface area contributed by atoms with E-state index in [2.05, 4.69) is 32.8 Å². The van der Waals surface area contributed by atoms with Crippen LogP contribution in [0, 0.1) is 0 Å². The van der Waals surface area contributed by atoms with Gasteiger partial charge in [-0.3, -0.25) is 4.79 Å². The van der Waals surface area contributed by atoms with Crippen LogP contribution in [0.15, 0.2) is 25.3 Å². The minimum absolute atomic E-state index is 0.0600. The van der Waals surface area contributed by atoms with Crippen LogP contribution in [-0.2, 0) is 19.6 Å². The van der Waals surface area contributed by atoms with Crippen LogP contribution < -0.4 is 0 Å². The molecule has 1 atom stereocenters. The molecule has 0 aromatic carbocycles. The van der Waals surface area contributed by atoms with E-state index in [1.54, 1.807) is 6.08 Å². The number of sulfonamides is 1. The first-order valence-electron chi connectivity index (χ1n) is 7.38. The minimum atomic E-state index is -3.53. The summed E-state index contributed by atoms with van der Waals surface area (Å²) in [5.74, 6) is -0.495.